The Balaban J connectivity index is 2.61. The second-order valence-electron chi connectivity index (χ2n) is 5.10. The van der Waals surface area contributed by atoms with E-state index in [1.165, 1.54) is 6.20 Å². The minimum absolute atomic E-state index is 0.194. The molecule has 2 rings (SSSR count). The lowest BCUT2D eigenvalue weighted by atomic mass is 10.1. The highest BCUT2D eigenvalue weighted by Gasteiger charge is 2.21. The van der Waals surface area contributed by atoms with Gasteiger partial charge in [0, 0.05) is 0 Å². The zero-order valence-corrected chi connectivity index (χ0v) is 11.4. The Morgan fingerprint density at radius 1 is 1.47 bits per heavy atom. The molecule has 0 radical (unpaired) electrons. The van der Waals surface area contributed by atoms with Crippen LogP contribution in [0.15, 0.2) is 11.0 Å². The first-order valence-corrected chi connectivity index (χ1v) is 6.00. The van der Waals surface area contributed by atoms with Crippen LogP contribution in [0.2, 0.25) is 0 Å². The molecule has 0 fully saturated rings. The van der Waals surface area contributed by atoms with Crippen molar-refractivity contribution in [2.75, 3.05) is 6.61 Å². The van der Waals surface area contributed by atoms with Crippen molar-refractivity contribution >= 4 is 17.1 Å². The molecule has 0 aliphatic heterocycles. The average molecular weight is 264 g/mol. The molecule has 0 unspecified atom stereocenters. The fourth-order valence-electron chi connectivity index (χ4n) is 1.72. The van der Waals surface area contributed by atoms with Crippen molar-refractivity contribution in [3.05, 3.63) is 22.2 Å². The van der Waals surface area contributed by atoms with E-state index in [9.17, 15) is 9.59 Å². The van der Waals surface area contributed by atoms with Crippen molar-refractivity contribution in [2.45, 2.75) is 33.2 Å². The Labute approximate surface area is 109 Å². The van der Waals surface area contributed by atoms with Gasteiger partial charge in [-0.3, -0.25) is 4.79 Å². The normalized spacial score (nSPS) is 11.8. The summed E-state index contributed by atoms with van der Waals surface area (Å²) in [5.41, 5.74) is -0.166. The van der Waals surface area contributed by atoms with Crippen LogP contribution >= 0.6 is 0 Å². The van der Waals surface area contributed by atoms with Crippen LogP contribution in [0.25, 0.3) is 11.2 Å². The van der Waals surface area contributed by atoms with Crippen molar-refractivity contribution in [2.24, 2.45) is 0 Å². The maximum Gasteiger partial charge on any atom is 0.362 e. The second kappa shape index (κ2) is 4.49. The van der Waals surface area contributed by atoms with Crippen LogP contribution in [-0.2, 0) is 10.3 Å². The van der Waals surface area contributed by atoms with Gasteiger partial charge in [-0.05, 0) is 27.7 Å². The summed E-state index contributed by atoms with van der Waals surface area (Å²) in [6, 6.07) is 0. The molecule has 19 heavy (non-hydrogen) atoms. The highest BCUT2D eigenvalue weighted by atomic mass is 16.5. The Bertz CT molecular complexity index is 678. The molecule has 7 nitrogen and oxygen atoms in total. The van der Waals surface area contributed by atoms with Gasteiger partial charge in [0.15, 0.2) is 5.65 Å². The maximum absolute atomic E-state index is 11.9. The largest absolute Gasteiger partial charge is 0.461 e. The lowest BCUT2D eigenvalue weighted by molar-refractivity contribution is 0.0517. The molecule has 2 aromatic rings. The van der Waals surface area contributed by atoms with Crippen LogP contribution in [0.3, 0.4) is 0 Å². The Morgan fingerprint density at radius 3 is 2.74 bits per heavy atom. The Hall–Kier alpha value is -2.18. The van der Waals surface area contributed by atoms with Gasteiger partial charge >= 0.3 is 5.97 Å². The van der Waals surface area contributed by atoms with Crippen LogP contribution in [0, 0.1) is 0 Å². The summed E-state index contributed by atoms with van der Waals surface area (Å²) in [5.74, 6) is -0.728. The number of hydrogen-bond acceptors (Lipinski definition) is 5. The van der Waals surface area contributed by atoms with E-state index in [0.717, 1.165) is 0 Å². The predicted molar refractivity (Wildman–Crippen MR) is 69.1 cm³/mol. The first-order chi connectivity index (χ1) is 8.84. The van der Waals surface area contributed by atoms with Crippen LogP contribution < -0.4 is 5.56 Å². The van der Waals surface area contributed by atoms with Gasteiger partial charge < -0.3 is 9.72 Å². The first kappa shape index (κ1) is 13.3. The smallest absolute Gasteiger partial charge is 0.362 e. The molecule has 0 saturated carbocycles. The molecular formula is C12H16N4O3. The first-order valence-electron chi connectivity index (χ1n) is 6.00. The number of fused-ring (bicyclic) bond motifs is 1. The third-order valence-corrected chi connectivity index (χ3v) is 2.53. The molecule has 0 amide bonds. The molecule has 0 atom stereocenters. The highest BCUT2D eigenvalue weighted by Crippen LogP contribution is 2.17. The fourth-order valence-corrected chi connectivity index (χ4v) is 1.72. The molecule has 0 saturated heterocycles. The van der Waals surface area contributed by atoms with Gasteiger partial charge in [-0.2, -0.15) is 5.10 Å². The molecular weight excluding hydrogens is 248 g/mol. The van der Waals surface area contributed by atoms with E-state index in [2.05, 4.69) is 15.1 Å². The van der Waals surface area contributed by atoms with E-state index >= 15 is 0 Å². The van der Waals surface area contributed by atoms with E-state index in [-0.39, 0.29) is 17.8 Å². The summed E-state index contributed by atoms with van der Waals surface area (Å²) >= 11 is 0. The molecule has 0 aliphatic carbocycles. The van der Waals surface area contributed by atoms with Gasteiger partial charge in [0.2, 0.25) is 5.69 Å². The number of rotatable bonds is 2. The van der Waals surface area contributed by atoms with Crippen molar-refractivity contribution < 1.29 is 9.53 Å². The molecule has 0 bridgehead atoms. The van der Waals surface area contributed by atoms with Crippen molar-refractivity contribution in [3.63, 3.8) is 0 Å². The number of nitrogens with one attached hydrogen (secondary N) is 1. The summed E-state index contributed by atoms with van der Waals surface area (Å²) in [4.78, 5) is 30.1. The van der Waals surface area contributed by atoms with Gasteiger partial charge in [0.25, 0.3) is 5.56 Å². The molecule has 0 aromatic carbocycles. The summed E-state index contributed by atoms with van der Waals surface area (Å²) in [6.45, 7) is 7.73. The van der Waals surface area contributed by atoms with Gasteiger partial charge in [0.05, 0.1) is 18.3 Å². The highest BCUT2D eigenvalue weighted by molar-refractivity contribution is 5.88. The third-order valence-electron chi connectivity index (χ3n) is 2.53. The van der Waals surface area contributed by atoms with E-state index in [4.69, 9.17) is 4.74 Å². The summed E-state index contributed by atoms with van der Waals surface area (Å²) in [6.07, 6.45) is 1.51. The Kier molecular flexibility index (Phi) is 3.13. The number of H-pyrrole nitrogens is 1. The summed E-state index contributed by atoms with van der Waals surface area (Å²) in [7, 11) is 0. The molecule has 2 aromatic heterocycles. The Morgan fingerprint density at radius 2 is 2.16 bits per heavy atom. The van der Waals surface area contributed by atoms with E-state index < -0.39 is 11.5 Å². The van der Waals surface area contributed by atoms with Crippen molar-refractivity contribution in [1.82, 2.24) is 19.7 Å². The zero-order chi connectivity index (χ0) is 14.2. The van der Waals surface area contributed by atoms with Crippen LogP contribution in [-0.4, -0.2) is 32.3 Å². The lowest BCUT2D eigenvalue weighted by Crippen LogP contribution is -2.26. The average Bonchev–Trinajstić information content (AvgIpc) is 2.70. The van der Waals surface area contributed by atoms with Gasteiger partial charge in [-0.15, -0.1) is 0 Å². The number of aromatic nitrogens is 4. The number of carbonyl (C=O) groups excluding carboxylic acids is 1. The van der Waals surface area contributed by atoms with Crippen LogP contribution in [0.1, 0.15) is 38.2 Å². The quantitative estimate of drug-likeness (QED) is 0.819. The van der Waals surface area contributed by atoms with E-state index in [1.54, 1.807) is 11.6 Å². The lowest BCUT2D eigenvalue weighted by Gasteiger charge is -2.19. The molecule has 102 valence electrons. The third kappa shape index (κ3) is 2.35. The number of carbonyl (C=O) groups is 1. The topological polar surface area (TPSA) is 89.9 Å². The van der Waals surface area contributed by atoms with E-state index in [1.807, 2.05) is 20.8 Å². The van der Waals surface area contributed by atoms with Crippen LogP contribution in [0.5, 0.6) is 0 Å². The van der Waals surface area contributed by atoms with Gasteiger partial charge in [-0.25, -0.2) is 14.5 Å². The predicted octanol–water partition coefficient (Wildman–Crippen LogP) is 1.05. The SMILES string of the molecule is CCOC(=O)c1nc2cnn(C(C)(C)C)c2[nH]c1=O. The fraction of sp³-hybridized carbons (Fsp3) is 0.500. The molecule has 1 N–H and O–H groups in total. The number of hydrogen-bond donors (Lipinski definition) is 1. The van der Waals surface area contributed by atoms with Crippen molar-refractivity contribution in [3.8, 4) is 0 Å². The molecule has 0 spiro atoms. The standard InChI is InChI=1S/C12H16N4O3/c1-5-19-11(18)8-10(17)15-9-7(14-8)6-13-16(9)12(2,3)4/h6H,5H2,1-4H3,(H,15,17). The number of ether oxygens (including phenoxy) is 1. The monoisotopic (exact) mass is 264 g/mol. The molecule has 2 heterocycles. The summed E-state index contributed by atoms with van der Waals surface area (Å²) < 4.78 is 6.44. The zero-order valence-electron chi connectivity index (χ0n) is 11.4. The van der Waals surface area contributed by atoms with Gasteiger partial charge in [-0.1, -0.05) is 0 Å². The van der Waals surface area contributed by atoms with Crippen molar-refractivity contribution in [1.29, 1.82) is 0 Å². The number of aromatic amines is 1. The van der Waals surface area contributed by atoms with Gasteiger partial charge in [0.1, 0.15) is 5.52 Å². The molecule has 0 aliphatic rings. The number of esters is 1. The van der Waals surface area contributed by atoms with Crippen LogP contribution in [0.4, 0.5) is 0 Å². The minimum Gasteiger partial charge on any atom is -0.461 e. The summed E-state index contributed by atoms with van der Waals surface area (Å²) in [5, 5.41) is 4.19. The minimum atomic E-state index is -0.728. The second-order valence-corrected chi connectivity index (χ2v) is 5.10. The van der Waals surface area contributed by atoms with E-state index in [0.29, 0.717) is 11.2 Å². The molecule has 7 heteroatoms. The maximum atomic E-state index is 11.9. The number of nitrogens with zero attached hydrogens (tertiary/aromatic N) is 3.